The molecule has 0 atom stereocenters. The van der Waals surface area contributed by atoms with E-state index >= 15 is 0 Å². The van der Waals surface area contributed by atoms with Crippen molar-refractivity contribution in [1.82, 2.24) is 15.2 Å². The number of benzene rings is 1. The Hall–Kier alpha value is -1.84. The Kier molecular flexibility index (Phi) is 3.63. The fourth-order valence-electron chi connectivity index (χ4n) is 2.37. The van der Waals surface area contributed by atoms with Crippen molar-refractivity contribution in [3.05, 3.63) is 33.4 Å². The minimum absolute atomic E-state index is 0.227. The number of ether oxygens (including phenoxy) is 1. The standard InChI is InChI=1S/C14H9BrN4O2S2/c15-14-19-18-13(23-14)10-9(11(16)20)17-12(22-10)7-1-2-8-6(5-7)3-4-21-8/h1-2,5H,3-4H2,(H2,16,20). The van der Waals surface area contributed by atoms with Crippen molar-refractivity contribution < 1.29 is 9.53 Å². The summed E-state index contributed by atoms with van der Waals surface area (Å²) in [7, 11) is 0. The van der Waals surface area contributed by atoms with Gasteiger partial charge in [-0.2, -0.15) is 0 Å². The zero-order valence-electron chi connectivity index (χ0n) is 11.6. The maximum atomic E-state index is 11.7. The SMILES string of the molecule is NC(=O)c1nc(-c2ccc3c(c2)CCO3)sc1-c1nnc(Br)s1. The van der Waals surface area contributed by atoms with E-state index in [1.165, 1.54) is 22.7 Å². The van der Waals surface area contributed by atoms with Crippen LogP contribution in [0.4, 0.5) is 0 Å². The van der Waals surface area contributed by atoms with E-state index in [2.05, 4.69) is 31.1 Å². The van der Waals surface area contributed by atoms with Crippen LogP contribution < -0.4 is 10.5 Å². The fraction of sp³-hybridized carbons (Fsp3) is 0.143. The van der Waals surface area contributed by atoms with Crippen LogP contribution in [-0.4, -0.2) is 27.7 Å². The van der Waals surface area contributed by atoms with Gasteiger partial charge in [-0.1, -0.05) is 11.3 Å². The number of rotatable bonds is 3. The van der Waals surface area contributed by atoms with E-state index in [4.69, 9.17) is 10.5 Å². The van der Waals surface area contributed by atoms with E-state index in [0.717, 1.165) is 28.3 Å². The summed E-state index contributed by atoms with van der Waals surface area (Å²) < 4.78 is 6.16. The summed E-state index contributed by atoms with van der Waals surface area (Å²) in [6.07, 6.45) is 0.882. The second kappa shape index (κ2) is 5.66. The molecule has 2 aromatic heterocycles. The Morgan fingerprint density at radius 2 is 2.13 bits per heavy atom. The zero-order chi connectivity index (χ0) is 16.0. The summed E-state index contributed by atoms with van der Waals surface area (Å²) in [4.78, 5) is 16.8. The fourth-order valence-corrected chi connectivity index (χ4v) is 4.62. The van der Waals surface area contributed by atoms with Gasteiger partial charge < -0.3 is 10.5 Å². The summed E-state index contributed by atoms with van der Waals surface area (Å²) in [5.41, 5.74) is 7.79. The minimum Gasteiger partial charge on any atom is -0.493 e. The van der Waals surface area contributed by atoms with Crippen molar-refractivity contribution in [2.45, 2.75) is 6.42 Å². The normalized spacial score (nSPS) is 12.9. The molecule has 0 fully saturated rings. The summed E-state index contributed by atoms with van der Waals surface area (Å²) in [6, 6.07) is 5.92. The number of hydrogen-bond acceptors (Lipinski definition) is 7. The second-order valence-electron chi connectivity index (χ2n) is 4.84. The minimum atomic E-state index is -0.571. The summed E-state index contributed by atoms with van der Waals surface area (Å²) in [5.74, 6) is 0.340. The van der Waals surface area contributed by atoms with Crippen LogP contribution in [0.25, 0.3) is 20.5 Å². The first-order chi connectivity index (χ1) is 11.1. The molecule has 2 N–H and O–H groups in total. The number of primary amides is 1. The first-order valence-electron chi connectivity index (χ1n) is 6.68. The first kappa shape index (κ1) is 14.7. The molecular weight excluding hydrogens is 400 g/mol. The molecule has 23 heavy (non-hydrogen) atoms. The number of carbonyl (C=O) groups excluding carboxylic acids is 1. The lowest BCUT2D eigenvalue weighted by Crippen LogP contribution is -2.12. The average molecular weight is 409 g/mol. The Balaban J connectivity index is 1.82. The van der Waals surface area contributed by atoms with Gasteiger partial charge >= 0.3 is 0 Å². The van der Waals surface area contributed by atoms with Crippen molar-refractivity contribution in [2.24, 2.45) is 5.73 Å². The third kappa shape index (κ3) is 2.64. The highest BCUT2D eigenvalue weighted by Crippen LogP contribution is 2.39. The molecule has 116 valence electrons. The Bertz CT molecular complexity index is 921. The number of hydrogen-bond donors (Lipinski definition) is 1. The molecule has 0 saturated heterocycles. The van der Waals surface area contributed by atoms with Gasteiger partial charge in [-0.15, -0.1) is 21.5 Å². The number of thiazole rings is 1. The molecule has 0 radical (unpaired) electrons. The largest absolute Gasteiger partial charge is 0.493 e. The lowest BCUT2D eigenvalue weighted by Gasteiger charge is -2.00. The maximum Gasteiger partial charge on any atom is 0.268 e. The van der Waals surface area contributed by atoms with Crippen LogP contribution in [0.15, 0.2) is 22.1 Å². The number of nitrogens with two attached hydrogens (primary N) is 1. The molecule has 4 rings (SSSR count). The molecule has 1 aliphatic rings. The van der Waals surface area contributed by atoms with Crippen LogP contribution >= 0.6 is 38.6 Å². The zero-order valence-corrected chi connectivity index (χ0v) is 14.8. The smallest absolute Gasteiger partial charge is 0.268 e. The molecule has 1 aromatic carbocycles. The molecule has 1 aliphatic heterocycles. The maximum absolute atomic E-state index is 11.7. The van der Waals surface area contributed by atoms with Gasteiger partial charge in [0.15, 0.2) is 8.92 Å². The molecular formula is C14H9BrN4O2S2. The highest BCUT2D eigenvalue weighted by molar-refractivity contribution is 9.11. The van der Waals surface area contributed by atoms with Crippen LogP contribution in [0.5, 0.6) is 5.75 Å². The number of amides is 1. The summed E-state index contributed by atoms with van der Waals surface area (Å²) >= 11 is 6.00. The molecule has 3 aromatic rings. The van der Waals surface area contributed by atoms with Crippen molar-refractivity contribution in [3.8, 4) is 26.2 Å². The Labute approximate surface area is 147 Å². The number of fused-ring (bicyclic) bond motifs is 1. The molecule has 0 bridgehead atoms. The summed E-state index contributed by atoms with van der Waals surface area (Å²) in [5, 5.41) is 9.33. The van der Waals surface area contributed by atoms with E-state index in [1.54, 1.807) is 0 Å². The molecule has 0 unspecified atom stereocenters. The summed E-state index contributed by atoms with van der Waals surface area (Å²) in [6.45, 7) is 0.702. The van der Waals surface area contributed by atoms with E-state index in [0.29, 0.717) is 20.4 Å². The molecule has 1 amide bonds. The highest BCUT2D eigenvalue weighted by atomic mass is 79.9. The van der Waals surface area contributed by atoms with Crippen LogP contribution in [0.2, 0.25) is 0 Å². The van der Waals surface area contributed by atoms with Crippen molar-refractivity contribution in [2.75, 3.05) is 6.61 Å². The van der Waals surface area contributed by atoms with Gasteiger partial charge in [0.25, 0.3) is 5.91 Å². The number of aromatic nitrogens is 3. The Morgan fingerprint density at radius 1 is 1.26 bits per heavy atom. The quantitative estimate of drug-likeness (QED) is 0.718. The van der Waals surface area contributed by atoms with Crippen LogP contribution in [-0.2, 0) is 6.42 Å². The van der Waals surface area contributed by atoms with Gasteiger partial charge in [0.05, 0.1) is 11.5 Å². The van der Waals surface area contributed by atoms with Crippen molar-refractivity contribution in [3.63, 3.8) is 0 Å². The first-order valence-corrected chi connectivity index (χ1v) is 9.10. The number of carbonyl (C=O) groups is 1. The highest BCUT2D eigenvalue weighted by Gasteiger charge is 2.22. The van der Waals surface area contributed by atoms with E-state index < -0.39 is 5.91 Å². The van der Waals surface area contributed by atoms with Crippen molar-refractivity contribution >= 4 is 44.5 Å². The molecule has 0 aliphatic carbocycles. The Morgan fingerprint density at radius 3 is 2.87 bits per heavy atom. The predicted octanol–water partition coefficient (Wildman–Crippen LogP) is 3.12. The average Bonchev–Trinajstić information content (AvgIpc) is 3.24. The monoisotopic (exact) mass is 408 g/mol. The van der Waals surface area contributed by atoms with Crippen LogP contribution in [0.3, 0.4) is 0 Å². The molecule has 0 saturated carbocycles. The lowest BCUT2D eigenvalue weighted by atomic mass is 10.1. The lowest BCUT2D eigenvalue weighted by molar-refractivity contribution is 0.0997. The van der Waals surface area contributed by atoms with E-state index in [9.17, 15) is 4.79 Å². The van der Waals surface area contributed by atoms with E-state index in [1.807, 2.05) is 18.2 Å². The van der Waals surface area contributed by atoms with Gasteiger partial charge in [0.1, 0.15) is 16.5 Å². The van der Waals surface area contributed by atoms with Crippen LogP contribution in [0.1, 0.15) is 16.1 Å². The van der Waals surface area contributed by atoms with Crippen molar-refractivity contribution in [1.29, 1.82) is 0 Å². The van der Waals surface area contributed by atoms with Gasteiger partial charge in [-0.25, -0.2) is 4.98 Å². The van der Waals surface area contributed by atoms with Gasteiger partial charge in [0.2, 0.25) is 0 Å². The van der Waals surface area contributed by atoms with Gasteiger partial charge in [0, 0.05) is 12.0 Å². The third-order valence-electron chi connectivity index (χ3n) is 3.39. The topological polar surface area (TPSA) is 91.0 Å². The van der Waals surface area contributed by atoms with E-state index in [-0.39, 0.29) is 5.69 Å². The molecule has 9 heteroatoms. The predicted molar refractivity (Wildman–Crippen MR) is 91.9 cm³/mol. The molecule has 0 spiro atoms. The number of halogens is 1. The molecule has 6 nitrogen and oxygen atoms in total. The third-order valence-corrected chi connectivity index (χ3v) is 6.01. The second-order valence-corrected chi connectivity index (χ2v) is 8.09. The molecule has 3 heterocycles. The van der Waals surface area contributed by atoms with Gasteiger partial charge in [-0.3, -0.25) is 4.79 Å². The van der Waals surface area contributed by atoms with Gasteiger partial charge in [-0.05, 0) is 39.7 Å². The number of nitrogens with zero attached hydrogens (tertiary/aromatic N) is 3. The van der Waals surface area contributed by atoms with Crippen LogP contribution in [0, 0.1) is 0 Å².